The van der Waals surface area contributed by atoms with Gasteiger partial charge in [-0.15, -0.1) is 0 Å². The molecule has 112 valence electrons. The first-order valence-electron chi connectivity index (χ1n) is 8.22. The summed E-state index contributed by atoms with van der Waals surface area (Å²) >= 11 is 0. The summed E-state index contributed by atoms with van der Waals surface area (Å²) in [5.41, 5.74) is 6.71. The van der Waals surface area contributed by atoms with Crippen molar-refractivity contribution in [2.75, 3.05) is 13.2 Å². The van der Waals surface area contributed by atoms with Crippen LogP contribution in [0.5, 0.6) is 0 Å². The fraction of sp³-hybridized carbons (Fsp3) is 1.00. The number of hydrogen-bond acceptors (Lipinski definition) is 3. The molecule has 2 N–H and O–H groups in total. The molecule has 3 nitrogen and oxygen atoms in total. The predicted octanol–water partition coefficient (Wildman–Crippen LogP) is 3.26. The second kappa shape index (κ2) is 7.05. The number of ether oxygens (including phenoxy) is 2. The van der Waals surface area contributed by atoms with Crippen LogP contribution in [-0.4, -0.2) is 31.0 Å². The van der Waals surface area contributed by atoms with Gasteiger partial charge in [-0.2, -0.15) is 0 Å². The van der Waals surface area contributed by atoms with Gasteiger partial charge in [0.15, 0.2) is 0 Å². The third kappa shape index (κ3) is 3.71. The van der Waals surface area contributed by atoms with Crippen LogP contribution >= 0.6 is 0 Å². The van der Waals surface area contributed by atoms with Crippen LogP contribution in [0.4, 0.5) is 0 Å². The van der Waals surface area contributed by atoms with E-state index in [2.05, 4.69) is 13.8 Å². The molecule has 0 amide bonds. The average Bonchev–Trinajstić information content (AvgIpc) is 2.86. The van der Waals surface area contributed by atoms with Crippen LogP contribution in [0.1, 0.15) is 65.2 Å². The van der Waals surface area contributed by atoms with E-state index in [4.69, 9.17) is 15.2 Å². The number of rotatable bonds is 6. The fourth-order valence-electron chi connectivity index (χ4n) is 3.95. The van der Waals surface area contributed by atoms with Gasteiger partial charge in [0.05, 0.1) is 11.7 Å². The van der Waals surface area contributed by atoms with Gasteiger partial charge in [0, 0.05) is 19.3 Å². The van der Waals surface area contributed by atoms with Crippen LogP contribution in [0.3, 0.4) is 0 Å². The second-order valence-electron chi connectivity index (χ2n) is 6.35. The molecule has 3 unspecified atom stereocenters. The molecule has 1 saturated carbocycles. The first-order valence-corrected chi connectivity index (χ1v) is 8.22. The van der Waals surface area contributed by atoms with Crippen LogP contribution in [0.25, 0.3) is 0 Å². The third-order valence-electron chi connectivity index (χ3n) is 4.97. The van der Waals surface area contributed by atoms with E-state index in [9.17, 15) is 0 Å². The molecule has 1 heterocycles. The molecule has 2 fully saturated rings. The Kier molecular flexibility index (Phi) is 5.67. The Morgan fingerprint density at radius 1 is 1.32 bits per heavy atom. The van der Waals surface area contributed by atoms with Gasteiger partial charge < -0.3 is 15.2 Å². The highest BCUT2D eigenvalue weighted by Crippen LogP contribution is 2.43. The van der Waals surface area contributed by atoms with Crippen molar-refractivity contribution in [2.24, 2.45) is 11.7 Å². The maximum absolute atomic E-state index is 6.54. The van der Waals surface area contributed by atoms with Gasteiger partial charge in [-0.3, -0.25) is 0 Å². The minimum absolute atomic E-state index is 0.170. The molecule has 1 aliphatic carbocycles. The Hall–Kier alpha value is -0.120. The molecule has 0 aromatic heterocycles. The lowest BCUT2D eigenvalue weighted by atomic mass is 9.78. The summed E-state index contributed by atoms with van der Waals surface area (Å²) in [6.45, 7) is 5.94. The molecule has 3 atom stereocenters. The molecule has 0 aromatic carbocycles. The van der Waals surface area contributed by atoms with Crippen LogP contribution in [-0.2, 0) is 9.47 Å². The van der Waals surface area contributed by atoms with Gasteiger partial charge in [-0.25, -0.2) is 0 Å². The van der Waals surface area contributed by atoms with E-state index in [1.807, 2.05) is 0 Å². The monoisotopic (exact) mass is 269 g/mol. The smallest absolute Gasteiger partial charge is 0.0728 e. The molecule has 1 spiro atoms. The molecular weight excluding hydrogens is 238 g/mol. The SMILES string of the molecule is CCCC(OCC)C(N)C1CCOC2(CCCC2)C1. The van der Waals surface area contributed by atoms with Gasteiger partial charge in [0.1, 0.15) is 0 Å². The van der Waals surface area contributed by atoms with Gasteiger partial charge >= 0.3 is 0 Å². The van der Waals surface area contributed by atoms with Crippen molar-refractivity contribution >= 4 is 0 Å². The van der Waals surface area contributed by atoms with Gasteiger partial charge in [-0.1, -0.05) is 26.2 Å². The molecule has 19 heavy (non-hydrogen) atoms. The van der Waals surface area contributed by atoms with Crippen molar-refractivity contribution in [1.82, 2.24) is 0 Å². The summed E-state index contributed by atoms with van der Waals surface area (Å²) in [5, 5.41) is 0. The summed E-state index contributed by atoms with van der Waals surface area (Å²) in [6, 6.07) is 0.182. The van der Waals surface area contributed by atoms with Crippen molar-refractivity contribution in [3.8, 4) is 0 Å². The summed E-state index contributed by atoms with van der Waals surface area (Å²) in [4.78, 5) is 0. The van der Waals surface area contributed by atoms with Gasteiger partial charge in [0.2, 0.25) is 0 Å². The minimum Gasteiger partial charge on any atom is -0.377 e. The van der Waals surface area contributed by atoms with Crippen molar-refractivity contribution in [2.45, 2.75) is 83.0 Å². The average molecular weight is 269 g/mol. The predicted molar refractivity (Wildman–Crippen MR) is 78.2 cm³/mol. The van der Waals surface area contributed by atoms with E-state index in [0.29, 0.717) is 5.92 Å². The molecule has 3 heteroatoms. The van der Waals surface area contributed by atoms with Crippen molar-refractivity contribution in [3.63, 3.8) is 0 Å². The topological polar surface area (TPSA) is 44.5 Å². The Morgan fingerprint density at radius 2 is 2.05 bits per heavy atom. The van der Waals surface area contributed by atoms with E-state index in [-0.39, 0.29) is 17.7 Å². The Balaban J connectivity index is 1.94. The Labute approximate surface area is 118 Å². The van der Waals surface area contributed by atoms with Crippen molar-refractivity contribution in [1.29, 1.82) is 0 Å². The molecule has 0 bridgehead atoms. The zero-order chi connectivity index (χ0) is 13.7. The zero-order valence-corrected chi connectivity index (χ0v) is 12.7. The molecule has 1 aliphatic heterocycles. The summed E-state index contributed by atoms with van der Waals surface area (Å²) in [5.74, 6) is 0.579. The third-order valence-corrected chi connectivity index (χ3v) is 4.97. The lowest BCUT2D eigenvalue weighted by molar-refractivity contribution is -0.105. The summed E-state index contributed by atoms with van der Waals surface area (Å²) in [7, 11) is 0. The molecule has 0 aromatic rings. The molecular formula is C16H31NO2. The van der Waals surface area contributed by atoms with E-state index >= 15 is 0 Å². The molecule has 2 rings (SSSR count). The maximum atomic E-state index is 6.54. The van der Waals surface area contributed by atoms with Crippen LogP contribution in [0.15, 0.2) is 0 Å². The van der Waals surface area contributed by atoms with Crippen molar-refractivity contribution < 1.29 is 9.47 Å². The fourth-order valence-corrected chi connectivity index (χ4v) is 3.95. The quantitative estimate of drug-likeness (QED) is 0.805. The second-order valence-corrected chi connectivity index (χ2v) is 6.35. The normalized spacial score (nSPS) is 29.5. The van der Waals surface area contributed by atoms with E-state index < -0.39 is 0 Å². The maximum Gasteiger partial charge on any atom is 0.0728 e. The van der Waals surface area contributed by atoms with Crippen molar-refractivity contribution in [3.05, 3.63) is 0 Å². The highest BCUT2D eigenvalue weighted by atomic mass is 16.5. The van der Waals surface area contributed by atoms with Crippen LogP contribution < -0.4 is 5.73 Å². The standard InChI is InChI=1S/C16H31NO2/c1-3-7-14(18-4-2)15(17)13-8-11-19-16(12-13)9-5-6-10-16/h13-15H,3-12,17H2,1-2H3. The van der Waals surface area contributed by atoms with E-state index in [1.54, 1.807) is 0 Å². The summed E-state index contributed by atoms with van der Waals surface area (Å²) in [6.07, 6.45) is 9.85. The first kappa shape index (κ1) is 15.3. The number of hydrogen-bond donors (Lipinski definition) is 1. The minimum atomic E-state index is 0.170. The largest absolute Gasteiger partial charge is 0.377 e. The highest BCUT2D eigenvalue weighted by molar-refractivity contribution is 4.95. The summed E-state index contributed by atoms with van der Waals surface area (Å²) < 4.78 is 12.0. The number of nitrogens with two attached hydrogens (primary N) is 1. The molecule has 0 radical (unpaired) electrons. The molecule has 2 aliphatic rings. The van der Waals surface area contributed by atoms with Crippen LogP contribution in [0.2, 0.25) is 0 Å². The first-order chi connectivity index (χ1) is 9.21. The zero-order valence-electron chi connectivity index (χ0n) is 12.7. The van der Waals surface area contributed by atoms with Gasteiger partial charge in [-0.05, 0) is 44.9 Å². The van der Waals surface area contributed by atoms with Crippen LogP contribution in [0, 0.1) is 5.92 Å². The Morgan fingerprint density at radius 3 is 2.68 bits per heavy atom. The lowest BCUT2D eigenvalue weighted by Gasteiger charge is -2.42. The van der Waals surface area contributed by atoms with E-state index in [1.165, 1.54) is 25.7 Å². The van der Waals surface area contributed by atoms with E-state index in [0.717, 1.165) is 38.9 Å². The lowest BCUT2D eigenvalue weighted by Crippen LogP contribution is -2.49. The van der Waals surface area contributed by atoms with Gasteiger partial charge in [0.25, 0.3) is 0 Å². The Bertz CT molecular complexity index is 257. The highest BCUT2D eigenvalue weighted by Gasteiger charge is 2.42. The molecule has 1 saturated heterocycles.